The number of aromatic nitrogens is 2. The van der Waals surface area contributed by atoms with E-state index in [2.05, 4.69) is 0 Å². The van der Waals surface area contributed by atoms with Crippen molar-refractivity contribution in [2.45, 2.75) is 20.0 Å². The smallest absolute Gasteiger partial charge is 0.275 e. The number of amides is 1. The van der Waals surface area contributed by atoms with Gasteiger partial charge in [-0.3, -0.25) is 9.59 Å². The zero-order valence-electron chi connectivity index (χ0n) is 14.0. The Kier molecular flexibility index (Phi) is 4.51. The van der Waals surface area contributed by atoms with Crippen molar-refractivity contribution < 1.29 is 4.79 Å². The van der Waals surface area contributed by atoms with Gasteiger partial charge in [-0.1, -0.05) is 30.3 Å². The summed E-state index contributed by atoms with van der Waals surface area (Å²) in [6, 6.07) is 13.6. The molecule has 0 spiro atoms. The van der Waals surface area contributed by atoms with Gasteiger partial charge in [0.05, 0.1) is 0 Å². The fourth-order valence-corrected chi connectivity index (χ4v) is 2.88. The van der Waals surface area contributed by atoms with Crippen molar-refractivity contribution in [2.24, 2.45) is 7.05 Å². The van der Waals surface area contributed by atoms with Crippen LogP contribution in [0.4, 0.5) is 0 Å². The molecule has 3 aromatic rings. The van der Waals surface area contributed by atoms with Gasteiger partial charge in [-0.15, -0.1) is 0 Å². The van der Waals surface area contributed by atoms with Crippen LogP contribution in [0.25, 0.3) is 10.9 Å². The molecular formula is C19H21N3O2. The molecule has 0 N–H and O–H groups in total. The minimum absolute atomic E-state index is 0.0562. The van der Waals surface area contributed by atoms with Gasteiger partial charge in [0.15, 0.2) is 0 Å². The molecule has 1 aromatic carbocycles. The zero-order valence-corrected chi connectivity index (χ0v) is 14.0. The largest absolute Gasteiger partial charge is 0.346 e. The van der Waals surface area contributed by atoms with Gasteiger partial charge in [0.25, 0.3) is 5.56 Å². The third kappa shape index (κ3) is 3.11. The molecule has 1 amide bonds. The van der Waals surface area contributed by atoms with Crippen LogP contribution in [-0.4, -0.2) is 26.5 Å². The van der Waals surface area contributed by atoms with E-state index in [0.29, 0.717) is 18.6 Å². The first-order chi connectivity index (χ1) is 11.6. The van der Waals surface area contributed by atoms with Crippen molar-refractivity contribution in [3.63, 3.8) is 0 Å². The minimum Gasteiger partial charge on any atom is -0.346 e. The van der Waals surface area contributed by atoms with Gasteiger partial charge in [-0.05, 0) is 24.6 Å². The average Bonchev–Trinajstić information content (AvgIpc) is 2.98. The molecule has 0 radical (unpaired) electrons. The predicted molar refractivity (Wildman–Crippen MR) is 94.7 cm³/mol. The number of benzene rings is 1. The second-order valence-corrected chi connectivity index (χ2v) is 5.87. The number of carbonyl (C=O) groups is 1. The van der Waals surface area contributed by atoms with Crippen molar-refractivity contribution in [2.75, 3.05) is 6.54 Å². The number of pyridine rings is 1. The van der Waals surface area contributed by atoms with E-state index in [-0.39, 0.29) is 18.0 Å². The number of nitrogens with zero attached hydrogens (tertiary/aromatic N) is 3. The van der Waals surface area contributed by atoms with E-state index in [0.717, 1.165) is 10.9 Å². The van der Waals surface area contributed by atoms with E-state index in [1.54, 1.807) is 15.7 Å². The molecule has 2 aromatic heterocycles. The zero-order chi connectivity index (χ0) is 17.1. The van der Waals surface area contributed by atoms with Crippen LogP contribution in [0.15, 0.2) is 59.7 Å². The lowest BCUT2D eigenvalue weighted by Crippen LogP contribution is -2.36. The van der Waals surface area contributed by atoms with Crippen LogP contribution in [-0.2, 0) is 24.9 Å². The van der Waals surface area contributed by atoms with Crippen LogP contribution in [0.2, 0.25) is 0 Å². The highest BCUT2D eigenvalue weighted by Crippen LogP contribution is 2.10. The Bertz CT molecular complexity index is 909. The minimum atomic E-state index is -0.135. The SMILES string of the molecule is CCN(Cc1ccccc1)C(=O)Cn1ccc2ccn(C)c2c1=O. The number of aryl methyl sites for hydroxylation is 1. The van der Waals surface area contributed by atoms with Crippen LogP contribution in [0, 0.1) is 0 Å². The molecule has 124 valence electrons. The monoisotopic (exact) mass is 323 g/mol. The molecule has 0 aliphatic heterocycles. The Morgan fingerprint density at radius 1 is 1.08 bits per heavy atom. The summed E-state index contributed by atoms with van der Waals surface area (Å²) >= 11 is 0. The van der Waals surface area contributed by atoms with E-state index in [4.69, 9.17) is 0 Å². The van der Waals surface area contributed by atoms with Crippen LogP contribution in [0.1, 0.15) is 12.5 Å². The van der Waals surface area contributed by atoms with Crippen molar-refractivity contribution in [1.29, 1.82) is 0 Å². The number of carbonyl (C=O) groups excluding carboxylic acids is 1. The summed E-state index contributed by atoms with van der Waals surface area (Å²) in [7, 11) is 1.84. The molecular weight excluding hydrogens is 302 g/mol. The molecule has 0 bridgehead atoms. The number of hydrogen-bond donors (Lipinski definition) is 0. The van der Waals surface area contributed by atoms with Gasteiger partial charge in [0.2, 0.25) is 5.91 Å². The Labute approximate surface area is 140 Å². The Morgan fingerprint density at radius 2 is 1.79 bits per heavy atom. The predicted octanol–water partition coefficient (Wildman–Crippen LogP) is 2.39. The summed E-state index contributed by atoms with van der Waals surface area (Å²) in [4.78, 5) is 27.0. The van der Waals surface area contributed by atoms with Gasteiger partial charge >= 0.3 is 0 Å². The molecule has 0 unspecified atom stereocenters. The van der Waals surface area contributed by atoms with Crippen molar-refractivity contribution in [1.82, 2.24) is 14.0 Å². The topological polar surface area (TPSA) is 47.2 Å². The van der Waals surface area contributed by atoms with Crippen molar-refractivity contribution in [3.8, 4) is 0 Å². The summed E-state index contributed by atoms with van der Waals surface area (Å²) < 4.78 is 3.28. The van der Waals surface area contributed by atoms with Crippen LogP contribution in [0.5, 0.6) is 0 Å². The summed E-state index contributed by atoms with van der Waals surface area (Å²) in [5, 5.41) is 0.892. The molecule has 0 saturated carbocycles. The van der Waals surface area contributed by atoms with Gasteiger partial charge in [0.1, 0.15) is 12.1 Å². The molecule has 0 atom stereocenters. The molecule has 2 heterocycles. The van der Waals surface area contributed by atoms with E-state index >= 15 is 0 Å². The van der Waals surface area contributed by atoms with Crippen LogP contribution >= 0.6 is 0 Å². The van der Waals surface area contributed by atoms with Gasteiger partial charge in [-0.25, -0.2) is 0 Å². The Hall–Kier alpha value is -2.82. The highest BCUT2D eigenvalue weighted by Gasteiger charge is 2.15. The maximum atomic E-state index is 12.6. The summed E-state index contributed by atoms with van der Waals surface area (Å²) in [5.74, 6) is -0.0583. The molecule has 0 fully saturated rings. The Morgan fingerprint density at radius 3 is 2.50 bits per heavy atom. The quantitative estimate of drug-likeness (QED) is 0.724. The van der Waals surface area contributed by atoms with Crippen molar-refractivity contribution >= 4 is 16.8 Å². The van der Waals surface area contributed by atoms with E-state index in [1.807, 2.05) is 62.6 Å². The molecule has 0 aliphatic rings. The number of likely N-dealkylation sites (N-methyl/N-ethyl adjacent to an activating group) is 1. The first-order valence-corrected chi connectivity index (χ1v) is 8.06. The third-order valence-electron chi connectivity index (χ3n) is 4.26. The maximum absolute atomic E-state index is 12.6. The fraction of sp³-hybridized carbons (Fsp3) is 0.263. The maximum Gasteiger partial charge on any atom is 0.275 e. The average molecular weight is 323 g/mol. The molecule has 5 heteroatoms. The third-order valence-corrected chi connectivity index (χ3v) is 4.26. The molecule has 24 heavy (non-hydrogen) atoms. The molecule has 3 rings (SSSR count). The number of hydrogen-bond acceptors (Lipinski definition) is 2. The number of fused-ring (bicyclic) bond motifs is 1. The van der Waals surface area contributed by atoms with E-state index < -0.39 is 0 Å². The highest BCUT2D eigenvalue weighted by molar-refractivity contribution is 5.80. The summed E-state index contributed by atoms with van der Waals surface area (Å²) in [5.41, 5.74) is 1.57. The summed E-state index contributed by atoms with van der Waals surface area (Å²) in [6.45, 7) is 3.16. The summed E-state index contributed by atoms with van der Waals surface area (Å²) in [6.07, 6.45) is 3.55. The fourth-order valence-electron chi connectivity index (χ4n) is 2.88. The molecule has 5 nitrogen and oxygen atoms in total. The van der Waals surface area contributed by atoms with Crippen LogP contribution in [0.3, 0.4) is 0 Å². The lowest BCUT2D eigenvalue weighted by Gasteiger charge is -2.21. The van der Waals surface area contributed by atoms with E-state index in [1.165, 1.54) is 4.57 Å². The lowest BCUT2D eigenvalue weighted by atomic mass is 10.2. The molecule has 0 saturated heterocycles. The standard InChI is InChI=1S/C19H21N3O2/c1-3-21(13-15-7-5-4-6-8-15)17(23)14-22-12-10-16-9-11-20(2)18(16)19(22)24/h4-12H,3,13-14H2,1-2H3. The second kappa shape index (κ2) is 6.74. The number of rotatable bonds is 5. The van der Waals surface area contributed by atoms with Crippen molar-refractivity contribution in [3.05, 3.63) is 70.8 Å². The first kappa shape index (κ1) is 16.1. The Balaban J connectivity index is 1.82. The normalized spacial score (nSPS) is 10.9. The first-order valence-electron chi connectivity index (χ1n) is 8.06. The van der Waals surface area contributed by atoms with E-state index in [9.17, 15) is 9.59 Å². The second-order valence-electron chi connectivity index (χ2n) is 5.87. The van der Waals surface area contributed by atoms with Gasteiger partial charge in [0, 0.05) is 37.9 Å². The molecule has 0 aliphatic carbocycles. The van der Waals surface area contributed by atoms with Gasteiger partial charge < -0.3 is 14.0 Å². The van der Waals surface area contributed by atoms with Gasteiger partial charge in [-0.2, -0.15) is 0 Å². The highest BCUT2D eigenvalue weighted by atomic mass is 16.2. The lowest BCUT2D eigenvalue weighted by molar-refractivity contribution is -0.132. The van der Waals surface area contributed by atoms with Crippen LogP contribution < -0.4 is 5.56 Å².